The fraction of sp³-hybridized carbons (Fsp3) is 0.0588. The minimum Gasteiger partial charge on any atom is -0.360 e. The lowest BCUT2D eigenvalue weighted by molar-refractivity contribution is -0.112. The molecule has 0 saturated carbocycles. The van der Waals surface area contributed by atoms with Gasteiger partial charge in [0.1, 0.15) is 17.5 Å². The summed E-state index contributed by atoms with van der Waals surface area (Å²) in [5.41, 5.74) is 1.50. The standard InChI is InChI=1S/C17H12Cl2FN3O/c1-10-13(18)3-2-4-16(10)23-17(24)11(8-21)9-22-12-5-6-15(20)14(19)7-12/h2-7,9,22H,1H3,(H,23,24)/b11-9-. The highest BCUT2D eigenvalue weighted by Gasteiger charge is 2.11. The zero-order valence-corrected chi connectivity index (χ0v) is 14.0. The first kappa shape index (κ1) is 17.8. The van der Waals surface area contributed by atoms with E-state index < -0.39 is 11.7 Å². The molecule has 7 heteroatoms. The molecule has 0 aliphatic rings. The molecule has 1 amide bonds. The normalized spacial score (nSPS) is 10.9. The lowest BCUT2D eigenvalue weighted by Gasteiger charge is -2.09. The Morgan fingerprint density at radius 2 is 2.00 bits per heavy atom. The van der Waals surface area contributed by atoms with Crippen LogP contribution in [0.4, 0.5) is 15.8 Å². The molecule has 0 aromatic heterocycles. The van der Waals surface area contributed by atoms with Gasteiger partial charge in [0.15, 0.2) is 0 Å². The number of nitriles is 1. The molecule has 0 unspecified atom stereocenters. The van der Waals surface area contributed by atoms with Gasteiger partial charge in [-0.1, -0.05) is 29.3 Å². The van der Waals surface area contributed by atoms with Gasteiger partial charge in [-0.25, -0.2) is 4.39 Å². The summed E-state index contributed by atoms with van der Waals surface area (Å²) in [6.45, 7) is 1.76. The maximum Gasteiger partial charge on any atom is 0.267 e. The third-order valence-corrected chi connectivity index (χ3v) is 3.88. The van der Waals surface area contributed by atoms with Crippen molar-refractivity contribution in [1.82, 2.24) is 0 Å². The number of nitrogens with one attached hydrogen (secondary N) is 2. The highest BCUT2D eigenvalue weighted by atomic mass is 35.5. The van der Waals surface area contributed by atoms with Gasteiger partial charge in [-0.3, -0.25) is 4.79 Å². The summed E-state index contributed by atoms with van der Waals surface area (Å²) < 4.78 is 13.1. The number of halogens is 3. The van der Waals surface area contributed by atoms with Crippen molar-refractivity contribution in [1.29, 1.82) is 5.26 Å². The summed E-state index contributed by atoms with van der Waals surface area (Å²) in [6, 6.07) is 10.8. The monoisotopic (exact) mass is 363 g/mol. The molecule has 0 heterocycles. The van der Waals surface area contributed by atoms with Crippen molar-refractivity contribution in [2.45, 2.75) is 6.92 Å². The highest BCUT2D eigenvalue weighted by molar-refractivity contribution is 6.32. The molecule has 4 nitrogen and oxygen atoms in total. The van der Waals surface area contributed by atoms with Crippen LogP contribution in [0.5, 0.6) is 0 Å². The van der Waals surface area contributed by atoms with Crippen molar-refractivity contribution in [3.63, 3.8) is 0 Å². The number of carbonyl (C=O) groups is 1. The Balaban J connectivity index is 2.15. The SMILES string of the molecule is Cc1c(Cl)cccc1NC(=O)/C(C#N)=C\Nc1ccc(F)c(Cl)c1. The van der Waals surface area contributed by atoms with Crippen molar-refractivity contribution in [2.24, 2.45) is 0 Å². The molecule has 0 fully saturated rings. The van der Waals surface area contributed by atoms with E-state index in [1.807, 2.05) is 0 Å². The van der Waals surface area contributed by atoms with Crippen molar-refractivity contribution in [3.05, 3.63) is 69.6 Å². The zero-order chi connectivity index (χ0) is 17.7. The molecule has 0 spiro atoms. The summed E-state index contributed by atoms with van der Waals surface area (Å²) >= 11 is 11.7. The number of hydrogen-bond donors (Lipinski definition) is 2. The Bertz CT molecular complexity index is 859. The van der Waals surface area contributed by atoms with Gasteiger partial charge in [0.05, 0.1) is 5.02 Å². The predicted molar refractivity (Wildman–Crippen MR) is 93.5 cm³/mol. The minimum absolute atomic E-state index is 0.0640. The topological polar surface area (TPSA) is 64.9 Å². The number of rotatable bonds is 4. The maximum absolute atomic E-state index is 13.1. The van der Waals surface area contributed by atoms with Crippen LogP contribution in [0, 0.1) is 24.1 Å². The van der Waals surface area contributed by atoms with Crippen LogP contribution in [0.2, 0.25) is 10.0 Å². The van der Waals surface area contributed by atoms with Crippen LogP contribution in [0.3, 0.4) is 0 Å². The summed E-state index contributed by atoms with van der Waals surface area (Å²) in [5, 5.41) is 14.9. The molecule has 0 aliphatic carbocycles. The molecule has 0 aliphatic heterocycles. The van der Waals surface area contributed by atoms with E-state index >= 15 is 0 Å². The second-order valence-electron chi connectivity index (χ2n) is 4.81. The summed E-state index contributed by atoms with van der Waals surface area (Å²) in [4.78, 5) is 12.2. The second kappa shape index (κ2) is 7.82. The van der Waals surface area contributed by atoms with E-state index in [0.29, 0.717) is 22.0 Å². The zero-order valence-electron chi connectivity index (χ0n) is 12.5. The van der Waals surface area contributed by atoms with Crippen LogP contribution in [-0.4, -0.2) is 5.91 Å². The quantitative estimate of drug-likeness (QED) is 0.599. The summed E-state index contributed by atoms with van der Waals surface area (Å²) in [7, 11) is 0. The lowest BCUT2D eigenvalue weighted by atomic mass is 10.2. The third kappa shape index (κ3) is 4.25. The Morgan fingerprint density at radius 1 is 1.25 bits per heavy atom. The number of nitrogens with zero attached hydrogens (tertiary/aromatic N) is 1. The largest absolute Gasteiger partial charge is 0.360 e. The van der Waals surface area contributed by atoms with Crippen LogP contribution in [0.1, 0.15) is 5.56 Å². The van der Waals surface area contributed by atoms with E-state index in [4.69, 9.17) is 28.5 Å². The van der Waals surface area contributed by atoms with Gasteiger partial charge < -0.3 is 10.6 Å². The third-order valence-electron chi connectivity index (χ3n) is 3.18. The number of hydrogen-bond acceptors (Lipinski definition) is 3. The van der Waals surface area contributed by atoms with Gasteiger partial charge in [-0.15, -0.1) is 0 Å². The van der Waals surface area contributed by atoms with Gasteiger partial charge in [-0.05, 0) is 42.8 Å². The van der Waals surface area contributed by atoms with E-state index in [1.165, 1.54) is 24.4 Å². The lowest BCUT2D eigenvalue weighted by Crippen LogP contribution is -2.15. The van der Waals surface area contributed by atoms with Gasteiger partial charge in [-0.2, -0.15) is 5.26 Å². The van der Waals surface area contributed by atoms with E-state index in [9.17, 15) is 9.18 Å². The molecular formula is C17H12Cl2FN3O. The molecule has 2 N–H and O–H groups in total. The summed E-state index contributed by atoms with van der Waals surface area (Å²) in [6.07, 6.45) is 1.22. The van der Waals surface area contributed by atoms with Crippen LogP contribution in [-0.2, 0) is 4.79 Å². The molecule has 2 aromatic carbocycles. The first-order valence-electron chi connectivity index (χ1n) is 6.80. The first-order chi connectivity index (χ1) is 11.4. The first-order valence-corrected chi connectivity index (χ1v) is 7.56. The molecule has 24 heavy (non-hydrogen) atoms. The van der Waals surface area contributed by atoms with Gasteiger partial charge >= 0.3 is 0 Å². The van der Waals surface area contributed by atoms with E-state index in [1.54, 1.807) is 31.2 Å². The number of anilines is 2. The van der Waals surface area contributed by atoms with E-state index in [0.717, 1.165) is 0 Å². The molecule has 0 bridgehead atoms. The molecule has 122 valence electrons. The Morgan fingerprint density at radius 3 is 2.67 bits per heavy atom. The Hall–Kier alpha value is -2.55. The van der Waals surface area contributed by atoms with Crippen LogP contribution < -0.4 is 10.6 Å². The highest BCUT2D eigenvalue weighted by Crippen LogP contribution is 2.23. The Labute approximate surface area is 148 Å². The second-order valence-corrected chi connectivity index (χ2v) is 5.62. The molecule has 2 rings (SSSR count). The van der Waals surface area contributed by atoms with Gasteiger partial charge in [0, 0.05) is 22.6 Å². The van der Waals surface area contributed by atoms with Crippen molar-refractivity contribution in [3.8, 4) is 6.07 Å². The smallest absolute Gasteiger partial charge is 0.267 e. The molecule has 0 radical (unpaired) electrons. The number of amides is 1. The van der Waals surface area contributed by atoms with Gasteiger partial charge in [0.25, 0.3) is 5.91 Å². The average molecular weight is 364 g/mol. The molecule has 0 atom stereocenters. The van der Waals surface area contributed by atoms with Crippen molar-refractivity contribution >= 4 is 40.5 Å². The fourth-order valence-electron chi connectivity index (χ4n) is 1.82. The van der Waals surface area contributed by atoms with Gasteiger partial charge in [0.2, 0.25) is 0 Å². The maximum atomic E-state index is 13.1. The van der Waals surface area contributed by atoms with E-state index in [-0.39, 0.29) is 10.6 Å². The molecule has 0 saturated heterocycles. The van der Waals surface area contributed by atoms with Crippen LogP contribution in [0.25, 0.3) is 0 Å². The molecular weight excluding hydrogens is 352 g/mol. The van der Waals surface area contributed by atoms with Crippen LogP contribution >= 0.6 is 23.2 Å². The number of benzene rings is 2. The summed E-state index contributed by atoms with van der Waals surface area (Å²) in [5.74, 6) is -1.15. The fourth-order valence-corrected chi connectivity index (χ4v) is 2.18. The average Bonchev–Trinajstić information content (AvgIpc) is 2.55. The van der Waals surface area contributed by atoms with Crippen LogP contribution in [0.15, 0.2) is 48.2 Å². The number of carbonyl (C=O) groups excluding carboxylic acids is 1. The molecule has 2 aromatic rings. The van der Waals surface area contributed by atoms with Crippen molar-refractivity contribution < 1.29 is 9.18 Å². The van der Waals surface area contributed by atoms with E-state index in [2.05, 4.69) is 10.6 Å². The van der Waals surface area contributed by atoms with Crippen molar-refractivity contribution in [2.75, 3.05) is 10.6 Å². The minimum atomic E-state index is -0.594. The Kier molecular flexibility index (Phi) is 5.80. The predicted octanol–water partition coefficient (Wildman–Crippen LogP) is 4.90.